The van der Waals surface area contributed by atoms with Crippen molar-refractivity contribution in [1.29, 1.82) is 0 Å². The summed E-state index contributed by atoms with van der Waals surface area (Å²) >= 11 is 0. The molecule has 0 aliphatic rings. The molecule has 1 amide bonds. The maximum atomic E-state index is 12.9. The molecule has 3 rings (SSSR count). The third kappa shape index (κ3) is 5.07. The van der Waals surface area contributed by atoms with Crippen molar-refractivity contribution in [3.8, 4) is 0 Å². The van der Waals surface area contributed by atoms with Gasteiger partial charge in [-0.3, -0.25) is 9.78 Å². The van der Waals surface area contributed by atoms with E-state index in [4.69, 9.17) is 0 Å². The molecule has 2 aromatic heterocycles. The van der Waals surface area contributed by atoms with Crippen LogP contribution >= 0.6 is 0 Å². The molecular formula is C19H18FN5O. The summed E-state index contributed by atoms with van der Waals surface area (Å²) in [4.78, 5) is 16.1. The van der Waals surface area contributed by atoms with Gasteiger partial charge in [0.2, 0.25) is 0 Å². The van der Waals surface area contributed by atoms with E-state index in [-0.39, 0.29) is 17.4 Å². The molecule has 0 saturated carbocycles. The molecule has 7 heteroatoms. The van der Waals surface area contributed by atoms with E-state index in [9.17, 15) is 9.18 Å². The largest absolute Gasteiger partial charge is 0.368 e. The van der Waals surface area contributed by atoms with Gasteiger partial charge in [-0.1, -0.05) is 18.2 Å². The average Bonchev–Trinajstić information content (AvgIpc) is 2.69. The maximum absolute atomic E-state index is 12.9. The zero-order valence-electron chi connectivity index (χ0n) is 14.0. The van der Waals surface area contributed by atoms with Gasteiger partial charge in [-0.25, -0.2) is 4.39 Å². The number of carbonyl (C=O) groups is 1. The molecule has 0 aliphatic carbocycles. The molecule has 0 aliphatic heterocycles. The zero-order valence-corrected chi connectivity index (χ0v) is 14.0. The third-order valence-corrected chi connectivity index (χ3v) is 3.71. The average molecular weight is 351 g/mol. The van der Waals surface area contributed by atoms with E-state index >= 15 is 0 Å². The van der Waals surface area contributed by atoms with Crippen LogP contribution in [0.3, 0.4) is 0 Å². The first kappa shape index (κ1) is 17.5. The summed E-state index contributed by atoms with van der Waals surface area (Å²) in [5.74, 6) is 0.0418. The molecule has 0 radical (unpaired) electrons. The molecule has 0 saturated heterocycles. The Kier molecular flexibility index (Phi) is 5.82. The number of halogens is 1. The van der Waals surface area contributed by atoms with Gasteiger partial charge < -0.3 is 10.6 Å². The van der Waals surface area contributed by atoms with Crippen LogP contribution in [0.4, 0.5) is 10.2 Å². The normalized spacial score (nSPS) is 10.3. The Morgan fingerprint density at radius 1 is 1.00 bits per heavy atom. The highest BCUT2D eigenvalue weighted by molar-refractivity contribution is 5.92. The zero-order chi connectivity index (χ0) is 18.2. The number of hydrogen-bond acceptors (Lipinski definition) is 5. The van der Waals surface area contributed by atoms with E-state index < -0.39 is 0 Å². The van der Waals surface area contributed by atoms with Crippen molar-refractivity contribution >= 4 is 11.7 Å². The Morgan fingerprint density at radius 3 is 2.54 bits per heavy atom. The summed E-state index contributed by atoms with van der Waals surface area (Å²) < 4.78 is 12.9. The van der Waals surface area contributed by atoms with Gasteiger partial charge in [0.05, 0.1) is 0 Å². The van der Waals surface area contributed by atoms with Crippen molar-refractivity contribution in [2.45, 2.75) is 13.0 Å². The fraction of sp³-hybridized carbons (Fsp3) is 0.158. The van der Waals surface area contributed by atoms with Gasteiger partial charge in [0.15, 0.2) is 5.69 Å². The van der Waals surface area contributed by atoms with Crippen molar-refractivity contribution in [3.63, 3.8) is 0 Å². The molecule has 0 spiro atoms. The van der Waals surface area contributed by atoms with Gasteiger partial charge in [0.1, 0.15) is 11.6 Å². The fourth-order valence-electron chi connectivity index (χ4n) is 2.31. The number of carbonyl (C=O) groups excluding carboxylic acids is 1. The molecule has 26 heavy (non-hydrogen) atoms. The van der Waals surface area contributed by atoms with Gasteiger partial charge in [-0.2, -0.15) is 0 Å². The van der Waals surface area contributed by atoms with Crippen molar-refractivity contribution in [2.24, 2.45) is 0 Å². The quantitative estimate of drug-likeness (QED) is 0.684. The van der Waals surface area contributed by atoms with E-state index in [1.54, 1.807) is 36.7 Å². The highest BCUT2D eigenvalue weighted by atomic mass is 19.1. The van der Waals surface area contributed by atoms with Gasteiger partial charge in [-0.15, -0.1) is 10.2 Å². The number of anilines is 1. The van der Waals surface area contributed by atoms with Crippen LogP contribution in [0.2, 0.25) is 0 Å². The number of benzene rings is 1. The van der Waals surface area contributed by atoms with Crippen LogP contribution in [0, 0.1) is 5.82 Å². The van der Waals surface area contributed by atoms with Crippen LogP contribution in [0.5, 0.6) is 0 Å². The smallest absolute Gasteiger partial charge is 0.272 e. The summed E-state index contributed by atoms with van der Waals surface area (Å²) in [5, 5.41) is 13.8. The summed E-state index contributed by atoms with van der Waals surface area (Å²) in [7, 11) is 0. The number of aromatic nitrogens is 3. The molecule has 0 unspecified atom stereocenters. The minimum Gasteiger partial charge on any atom is -0.368 e. The highest BCUT2D eigenvalue weighted by Crippen LogP contribution is 2.06. The molecule has 1 aromatic carbocycles. The van der Waals surface area contributed by atoms with E-state index in [0.29, 0.717) is 18.9 Å². The summed E-state index contributed by atoms with van der Waals surface area (Å²) in [5.41, 5.74) is 2.18. The third-order valence-electron chi connectivity index (χ3n) is 3.71. The number of pyridine rings is 1. The van der Waals surface area contributed by atoms with E-state index in [0.717, 1.165) is 17.5 Å². The lowest BCUT2D eigenvalue weighted by Gasteiger charge is -2.07. The monoisotopic (exact) mass is 351 g/mol. The highest BCUT2D eigenvalue weighted by Gasteiger charge is 2.08. The molecule has 2 N–H and O–H groups in total. The first-order valence-corrected chi connectivity index (χ1v) is 8.20. The van der Waals surface area contributed by atoms with Crippen LogP contribution in [0.1, 0.15) is 21.6 Å². The van der Waals surface area contributed by atoms with Crippen LogP contribution in [0.15, 0.2) is 60.9 Å². The lowest BCUT2D eigenvalue weighted by atomic mass is 10.1. The van der Waals surface area contributed by atoms with Gasteiger partial charge in [0.25, 0.3) is 5.91 Å². The Balaban J connectivity index is 1.46. The number of nitrogens with zero attached hydrogens (tertiary/aromatic N) is 3. The first-order chi connectivity index (χ1) is 12.7. The standard InChI is InChI=1S/C19H18FN5O/c20-16-5-3-14(4-6-16)9-11-22-18-8-7-17(24-25-18)19(26)23-13-15-2-1-10-21-12-15/h1-8,10,12H,9,11,13H2,(H,22,25)(H,23,26). The fourth-order valence-corrected chi connectivity index (χ4v) is 2.31. The Morgan fingerprint density at radius 2 is 1.85 bits per heavy atom. The van der Waals surface area contributed by atoms with Crippen molar-refractivity contribution in [1.82, 2.24) is 20.5 Å². The maximum Gasteiger partial charge on any atom is 0.272 e. The van der Waals surface area contributed by atoms with Crippen molar-refractivity contribution in [2.75, 3.05) is 11.9 Å². The lowest BCUT2D eigenvalue weighted by Crippen LogP contribution is -2.24. The lowest BCUT2D eigenvalue weighted by molar-refractivity contribution is 0.0945. The second kappa shape index (κ2) is 8.66. The topological polar surface area (TPSA) is 79.8 Å². The van der Waals surface area contributed by atoms with Gasteiger partial charge in [0, 0.05) is 25.5 Å². The second-order valence-corrected chi connectivity index (χ2v) is 5.65. The van der Waals surface area contributed by atoms with Crippen LogP contribution < -0.4 is 10.6 Å². The number of amides is 1. The summed E-state index contributed by atoms with van der Waals surface area (Å²) in [6.07, 6.45) is 4.11. The summed E-state index contributed by atoms with van der Waals surface area (Å²) in [6.45, 7) is 1.01. The van der Waals surface area contributed by atoms with Crippen molar-refractivity contribution < 1.29 is 9.18 Å². The van der Waals surface area contributed by atoms with E-state index in [1.807, 2.05) is 12.1 Å². The summed E-state index contributed by atoms with van der Waals surface area (Å²) in [6, 6.07) is 13.4. The Bertz CT molecular complexity index is 838. The van der Waals surface area contributed by atoms with E-state index in [2.05, 4.69) is 25.8 Å². The molecule has 132 valence electrons. The molecule has 0 fully saturated rings. The first-order valence-electron chi connectivity index (χ1n) is 8.20. The van der Waals surface area contributed by atoms with Crippen molar-refractivity contribution in [3.05, 3.63) is 83.6 Å². The van der Waals surface area contributed by atoms with Crippen LogP contribution in [0.25, 0.3) is 0 Å². The van der Waals surface area contributed by atoms with E-state index in [1.165, 1.54) is 12.1 Å². The molecule has 2 heterocycles. The minimum absolute atomic E-state index is 0.245. The number of rotatable bonds is 7. The van der Waals surface area contributed by atoms with Crippen LogP contribution in [-0.2, 0) is 13.0 Å². The van der Waals surface area contributed by atoms with Crippen LogP contribution in [-0.4, -0.2) is 27.6 Å². The molecular weight excluding hydrogens is 333 g/mol. The second-order valence-electron chi connectivity index (χ2n) is 5.65. The molecule has 3 aromatic rings. The molecule has 0 bridgehead atoms. The number of nitrogens with one attached hydrogen (secondary N) is 2. The van der Waals surface area contributed by atoms with Gasteiger partial charge >= 0.3 is 0 Å². The predicted octanol–water partition coefficient (Wildman–Crippen LogP) is 2.60. The molecule has 0 atom stereocenters. The SMILES string of the molecule is O=C(NCc1cccnc1)c1ccc(NCCc2ccc(F)cc2)nn1. The Hall–Kier alpha value is -3.35. The molecule has 6 nitrogen and oxygen atoms in total. The van der Waals surface area contributed by atoms with Gasteiger partial charge in [-0.05, 0) is 47.9 Å². The Labute approximate surface area is 150 Å². The number of hydrogen-bond donors (Lipinski definition) is 2. The predicted molar refractivity (Wildman–Crippen MR) is 96.0 cm³/mol. The minimum atomic E-state index is -0.292.